The lowest BCUT2D eigenvalue weighted by molar-refractivity contribution is 0.449. The van der Waals surface area contributed by atoms with Gasteiger partial charge in [-0.2, -0.15) is 5.10 Å². The van der Waals surface area contributed by atoms with Crippen LogP contribution in [0.5, 0.6) is 0 Å². The standard InChI is InChI=1S/C21H21BrFN3/c22-18-11-16(9-10-19(18)23)12-24-20-7-4-8-21-17(20)13-25-26(21)14-15-5-2-1-3-6-15/h1-3,5-6,9-11,13,20,24H,4,7-8,12,14H2. The Morgan fingerprint density at radius 1 is 1.15 bits per heavy atom. The molecule has 0 spiro atoms. The minimum absolute atomic E-state index is 0.226. The van der Waals surface area contributed by atoms with E-state index in [-0.39, 0.29) is 5.82 Å². The summed E-state index contributed by atoms with van der Waals surface area (Å²) in [5, 5.41) is 8.26. The molecule has 0 bridgehead atoms. The number of nitrogens with one attached hydrogen (secondary N) is 1. The van der Waals surface area contributed by atoms with Crippen LogP contribution in [-0.4, -0.2) is 9.78 Å². The lowest BCUT2D eigenvalue weighted by Gasteiger charge is -2.24. The Labute approximate surface area is 161 Å². The van der Waals surface area contributed by atoms with Crippen molar-refractivity contribution in [1.29, 1.82) is 0 Å². The van der Waals surface area contributed by atoms with Gasteiger partial charge in [-0.15, -0.1) is 0 Å². The van der Waals surface area contributed by atoms with Crippen molar-refractivity contribution in [3.63, 3.8) is 0 Å². The molecule has 0 fully saturated rings. The highest BCUT2D eigenvalue weighted by molar-refractivity contribution is 9.10. The molecule has 2 aromatic carbocycles. The zero-order chi connectivity index (χ0) is 17.9. The van der Waals surface area contributed by atoms with E-state index in [4.69, 9.17) is 0 Å². The average Bonchev–Trinajstić information content (AvgIpc) is 3.07. The molecular formula is C21H21BrFN3. The van der Waals surface area contributed by atoms with Gasteiger partial charge in [0.2, 0.25) is 0 Å². The molecule has 26 heavy (non-hydrogen) atoms. The Morgan fingerprint density at radius 3 is 2.81 bits per heavy atom. The van der Waals surface area contributed by atoms with Gasteiger partial charge < -0.3 is 5.32 Å². The Bertz CT molecular complexity index is 892. The molecule has 1 aromatic heterocycles. The van der Waals surface area contributed by atoms with Gasteiger partial charge in [0.25, 0.3) is 0 Å². The third kappa shape index (κ3) is 3.74. The molecule has 1 aliphatic rings. The van der Waals surface area contributed by atoms with E-state index in [9.17, 15) is 4.39 Å². The van der Waals surface area contributed by atoms with E-state index < -0.39 is 0 Å². The highest BCUT2D eigenvalue weighted by Crippen LogP contribution is 2.30. The van der Waals surface area contributed by atoms with Crippen LogP contribution in [0.1, 0.15) is 41.3 Å². The van der Waals surface area contributed by atoms with E-state index in [2.05, 4.69) is 55.3 Å². The number of hydrogen-bond acceptors (Lipinski definition) is 2. The lowest BCUT2D eigenvalue weighted by atomic mass is 9.92. The lowest BCUT2D eigenvalue weighted by Crippen LogP contribution is -2.25. The highest BCUT2D eigenvalue weighted by Gasteiger charge is 2.24. The van der Waals surface area contributed by atoms with Gasteiger partial charge in [-0.3, -0.25) is 4.68 Å². The molecular weight excluding hydrogens is 393 g/mol. The smallest absolute Gasteiger partial charge is 0.137 e. The topological polar surface area (TPSA) is 29.9 Å². The first-order valence-electron chi connectivity index (χ1n) is 8.96. The van der Waals surface area contributed by atoms with Gasteiger partial charge in [-0.05, 0) is 58.5 Å². The van der Waals surface area contributed by atoms with Gasteiger partial charge in [0, 0.05) is 23.8 Å². The molecule has 1 aliphatic carbocycles. The normalized spacial score (nSPS) is 16.5. The van der Waals surface area contributed by atoms with Crippen LogP contribution in [0.3, 0.4) is 0 Å². The van der Waals surface area contributed by atoms with Crippen molar-refractivity contribution >= 4 is 15.9 Å². The summed E-state index contributed by atoms with van der Waals surface area (Å²) in [6.07, 6.45) is 5.34. The number of rotatable bonds is 5. The summed E-state index contributed by atoms with van der Waals surface area (Å²) in [6.45, 7) is 1.53. The van der Waals surface area contributed by atoms with Crippen molar-refractivity contribution in [2.45, 2.75) is 38.4 Å². The van der Waals surface area contributed by atoms with Gasteiger partial charge in [0.1, 0.15) is 5.82 Å². The Hall–Kier alpha value is -1.98. The maximum atomic E-state index is 13.4. The minimum Gasteiger partial charge on any atom is -0.306 e. The Balaban J connectivity index is 1.48. The molecule has 5 heteroatoms. The third-order valence-corrected chi connectivity index (χ3v) is 5.58. The second-order valence-corrected chi connectivity index (χ2v) is 7.62. The molecule has 3 nitrogen and oxygen atoms in total. The highest BCUT2D eigenvalue weighted by atomic mass is 79.9. The van der Waals surface area contributed by atoms with Crippen LogP contribution in [0.4, 0.5) is 4.39 Å². The SMILES string of the molecule is Fc1ccc(CNC2CCCc3c2cnn3Cc2ccccc2)cc1Br. The van der Waals surface area contributed by atoms with Gasteiger partial charge in [-0.1, -0.05) is 36.4 Å². The van der Waals surface area contributed by atoms with E-state index in [1.54, 1.807) is 0 Å². The summed E-state index contributed by atoms with van der Waals surface area (Å²) in [7, 11) is 0. The van der Waals surface area contributed by atoms with Crippen LogP contribution >= 0.6 is 15.9 Å². The third-order valence-electron chi connectivity index (χ3n) is 4.97. The van der Waals surface area contributed by atoms with E-state index in [1.807, 2.05) is 24.4 Å². The molecule has 1 unspecified atom stereocenters. The molecule has 1 N–H and O–H groups in total. The monoisotopic (exact) mass is 413 g/mol. The first kappa shape index (κ1) is 17.4. The second-order valence-electron chi connectivity index (χ2n) is 6.76. The molecule has 4 rings (SSSR count). The first-order chi connectivity index (χ1) is 12.7. The summed E-state index contributed by atoms with van der Waals surface area (Å²) in [4.78, 5) is 0. The predicted octanol–water partition coefficient (Wildman–Crippen LogP) is 5.00. The van der Waals surface area contributed by atoms with Crippen molar-refractivity contribution in [2.75, 3.05) is 0 Å². The number of halogens is 2. The average molecular weight is 414 g/mol. The van der Waals surface area contributed by atoms with Crippen molar-refractivity contribution in [3.8, 4) is 0 Å². The van der Waals surface area contributed by atoms with Gasteiger partial charge >= 0.3 is 0 Å². The number of benzene rings is 2. The molecule has 0 aliphatic heterocycles. The van der Waals surface area contributed by atoms with Gasteiger partial charge in [0.15, 0.2) is 0 Å². The summed E-state index contributed by atoms with van der Waals surface area (Å²) < 4.78 is 16.0. The quantitative estimate of drug-likeness (QED) is 0.637. The van der Waals surface area contributed by atoms with Gasteiger partial charge in [0.05, 0.1) is 17.2 Å². The zero-order valence-electron chi connectivity index (χ0n) is 14.5. The molecule has 0 radical (unpaired) electrons. The van der Waals surface area contributed by atoms with E-state index in [0.29, 0.717) is 17.1 Å². The molecule has 3 aromatic rings. The molecule has 0 saturated carbocycles. The fourth-order valence-corrected chi connectivity index (χ4v) is 4.04. The zero-order valence-corrected chi connectivity index (χ0v) is 16.0. The Kier molecular flexibility index (Phi) is 5.18. The summed E-state index contributed by atoms with van der Waals surface area (Å²) >= 11 is 3.26. The molecule has 0 saturated heterocycles. The molecule has 1 atom stereocenters. The number of fused-ring (bicyclic) bond motifs is 1. The summed E-state index contributed by atoms with van der Waals surface area (Å²) in [6, 6.07) is 15.9. The van der Waals surface area contributed by atoms with E-state index in [1.165, 1.54) is 22.9 Å². The summed E-state index contributed by atoms with van der Waals surface area (Å²) in [5.41, 5.74) is 4.97. The second kappa shape index (κ2) is 7.72. The van der Waals surface area contributed by atoms with Crippen LogP contribution < -0.4 is 5.32 Å². The van der Waals surface area contributed by atoms with Crippen molar-refractivity contribution in [2.24, 2.45) is 0 Å². The van der Waals surface area contributed by atoms with Crippen molar-refractivity contribution < 1.29 is 4.39 Å². The van der Waals surface area contributed by atoms with Crippen LogP contribution in [0, 0.1) is 5.82 Å². The van der Waals surface area contributed by atoms with Crippen LogP contribution in [0.2, 0.25) is 0 Å². The predicted molar refractivity (Wildman–Crippen MR) is 104 cm³/mol. The van der Waals surface area contributed by atoms with Crippen LogP contribution in [-0.2, 0) is 19.5 Å². The van der Waals surface area contributed by atoms with Gasteiger partial charge in [-0.25, -0.2) is 4.39 Å². The van der Waals surface area contributed by atoms with Crippen molar-refractivity contribution in [1.82, 2.24) is 15.1 Å². The molecule has 1 heterocycles. The van der Waals surface area contributed by atoms with Crippen LogP contribution in [0.15, 0.2) is 59.2 Å². The first-order valence-corrected chi connectivity index (χ1v) is 9.76. The largest absolute Gasteiger partial charge is 0.306 e. The maximum Gasteiger partial charge on any atom is 0.137 e. The van der Waals surface area contributed by atoms with Crippen LogP contribution in [0.25, 0.3) is 0 Å². The molecule has 134 valence electrons. The van der Waals surface area contributed by atoms with E-state index >= 15 is 0 Å². The maximum absolute atomic E-state index is 13.4. The summed E-state index contributed by atoms with van der Waals surface area (Å²) in [5.74, 6) is -0.226. The number of nitrogens with zero attached hydrogens (tertiary/aromatic N) is 2. The van der Waals surface area contributed by atoms with Crippen molar-refractivity contribution in [3.05, 3.63) is 87.4 Å². The fourth-order valence-electron chi connectivity index (χ4n) is 3.61. The Morgan fingerprint density at radius 2 is 2.00 bits per heavy atom. The minimum atomic E-state index is -0.226. The molecule has 0 amide bonds. The number of aromatic nitrogens is 2. The fraction of sp³-hybridized carbons (Fsp3) is 0.286. The van der Waals surface area contributed by atoms with E-state index in [0.717, 1.165) is 31.4 Å². The number of hydrogen-bond donors (Lipinski definition) is 1.